The number of hydrogen-bond donors (Lipinski definition) is 1. The van der Waals surface area contributed by atoms with Gasteiger partial charge < -0.3 is 0 Å². The fourth-order valence-corrected chi connectivity index (χ4v) is 2.14. The lowest BCUT2D eigenvalue weighted by atomic mass is 10.2. The Balaban J connectivity index is 1.68. The monoisotopic (exact) mass is 313 g/mol. The summed E-state index contributed by atoms with van der Waals surface area (Å²) in [4.78, 5) is 19.9. The highest BCUT2D eigenvalue weighted by atomic mass is 35.5. The van der Waals surface area contributed by atoms with E-state index in [1.165, 1.54) is 0 Å². The maximum Gasteiger partial charge on any atom is 0.258 e. The highest BCUT2D eigenvalue weighted by Crippen LogP contribution is 2.12. The summed E-state index contributed by atoms with van der Waals surface area (Å²) in [5, 5.41) is 7.53. The molecule has 0 saturated heterocycles. The molecule has 22 heavy (non-hydrogen) atoms. The van der Waals surface area contributed by atoms with E-state index in [1.807, 2.05) is 24.3 Å². The number of rotatable bonds is 4. The Morgan fingerprint density at radius 3 is 2.82 bits per heavy atom. The minimum atomic E-state index is -0.275. The second-order valence-corrected chi connectivity index (χ2v) is 5.02. The quantitative estimate of drug-likeness (QED) is 0.803. The first-order valence-corrected chi connectivity index (χ1v) is 6.94. The molecule has 6 nitrogen and oxygen atoms in total. The lowest BCUT2D eigenvalue weighted by Crippen LogP contribution is -2.13. The van der Waals surface area contributed by atoms with Gasteiger partial charge in [0, 0.05) is 23.0 Å². The molecule has 0 saturated carbocycles. The molecule has 1 N–H and O–H groups in total. The molecule has 0 aliphatic carbocycles. The van der Waals surface area contributed by atoms with Crippen LogP contribution in [0.3, 0.4) is 0 Å². The molecule has 2 heterocycles. The summed E-state index contributed by atoms with van der Waals surface area (Å²) in [6, 6.07) is 10.7. The molecule has 0 unspecified atom stereocenters. The molecular formula is C15H12ClN5O. The van der Waals surface area contributed by atoms with Crippen molar-refractivity contribution in [2.75, 3.05) is 5.32 Å². The molecule has 0 bridgehead atoms. The molecular weight excluding hydrogens is 302 g/mol. The van der Waals surface area contributed by atoms with E-state index in [-0.39, 0.29) is 11.9 Å². The maximum atomic E-state index is 12.0. The molecule has 1 amide bonds. The van der Waals surface area contributed by atoms with E-state index in [2.05, 4.69) is 20.4 Å². The second kappa shape index (κ2) is 6.36. The first-order valence-electron chi connectivity index (χ1n) is 6.56. The van der Waals surface area contributed by atoms with E-state index in [9.17, 15) is 4.79 Å². The van der Waals surface area contributed by atoms with E-state index in [4.69, 9.17) is 11.6 Å². The van der Waals surface area contributed by atoms with Crippen LogP contribution in [0.25, 0.3) is 0 Å². The number of nitrogens with zero attached hydrogens (tertiary/aromatic N) is 4. The predicted molar refractivity (Wildman–Crippen MR) is 82.8 cm³/mol. The molecule has 3 aromatic rings. The van der Waals surface area contributed by atoms with Gasteiger partial charge in [0.1, 0.15) is 6.33 Å². The number of anilines is 1. The molecule has 0 spiro atoms. The summed E-state index contributed by atoms with van der Waals surface area (Å²) < 4.78 is 1.63. The Labute approximate surface area is 131 Å². The minimum Gasteiger partial charge on any atom is -0.289 e. The van der Waals surface area contributed by atoms with Gasteiger partial charge in [0.15, 0.2) is 0 Å². The average molecular weight is 314 g/mol. The van der Waals surface area contributed by atoms with Crippen molar-refractivity contribution < 1.29 is 4.79 Å². The number of nitrogens with one attached hydrogen (secondary N) is 1. The standard InChI is InChI=1S/C15H12ClN5O/c16-13-3-1-2-11(8-13)9-21-10-18-15(20-21)19-14(22)12-4-6-17-7-5-12/h1-8,10H,9H2,(H,19,20,22). The summed E-state index contributed by atoms with van der Waals surface area (Å²) in [5.74, 6) is -0.0215. The van der Waals surface area contributed by atoms with Gasteiger partial charge in [-0.2, -0.15) is 0 Å². The predicted octanol–water partition coefficient (Wildman–Crippen LogP) is 2.63. The van der Waals surface area contributed by atoms with Gasteiger partial charge in [-0.1, -0.05) is 23.7 Å². The zero-order chi connectivity index (χ0) is 15.4. The molecule has 0 aliphatic rings. The smallest absolute Gasteiger partial charge is 0.258 e. The van der Waals surface area contributed by atoms with Crippen molar-refractivity contribution >= 4 is 23.5 Å². The van der Waals surface area contributed by atoms with Crippen LogP contribution in [0.1, 0.15) is 15.9 Å². The Morgan fingerprint density at radius 2 is 2.05 bits per heavy atom. The summed E-state index contributed by atoms with van der Waals surface area (Å²) in [6.07, 6.45) is 4.67. The third kappa shape index (κ3) is 3.48. The van der Waals surface area contributed by atoms with Crippen LogP contribution in [0.15, 0.2) is 55.1 Å². The van der Waals surface area contributed by atoms with Crippen LogP contribution in [-0.4, -0.2) is 25.7 Å². The van der Waals surface area contributed by atoms with E-state index in [1.54, 1.807) is 35.5 Å². The molecule has 1 aromatic carbocycles. The van der Waals surface area contributed by atoms with Gasteiger partial charge in [0.05, 0.1) is 6.54 Å². The highest BCUT2D eigenvalue weighted by Gasteiger charge is 2.08. The zero-order valence-corrected chi connectivity index (χ0v) is 12.2. The average Bonchev–Trinajstić information content (AvgIpc) is 2.95. The summed E-state index contributed by atoms with van der Waals surface area (Å²) in [5.41, 5.74) is 1.51. The van der Waals surface area contributed by atoms with E-state index >= 15 is 0 Å². The van der Waals surface area contributed by atoms with Crippen LogP contribution < -0.4 is 5.32 Å². The Hall–Kier alpha value is -2.73. The molecule has 0 aliphatic heterocycles. The molecule has 0 fully saturated rings. The van der Waals surface area contributed by atoms with Crippen molar-refractivity contribution in [3.63, 3.8) is 0 Å². The zero-order valence-electron chi connectivity index (χ0n) is 11.5. The van der Waals surface area contributed by atoms with E-state index < -0.39 is 0 Å². The van der Waals surface area contributed by atoms with E-state index in [0.717, 1.165) is 5.56 Å². The number of pyridine rings is 1. The molecule has 2 aromatic heterocycles. The van der Waals surface area contributed by atoms with Gasteiger partial charge >= 0.3 is 0 Å². The summed E-state index contributed by atoms with van der Waals surface area (Å²) in [7, 11) is 0. The van der Waals surface area contributed by atoms with Crippen molar-refractivity contribution in [3.8, 4) is 0 Å². The minimum absolute atomic E-state index is 0.254. The normalized spacial score (nSPS) is 10.4. The van der Waals surface area contributed by atoms with Gasteiger partial charge in [0.2, 0.25) is 5.95 Å². The highest BCUT2D eigenvalue weighted by molar-refractivity contribution is 6.30. The number of halogens is 1. The molecule has 110 valence electrons. The second-order valence-electron chi connectivity index (χ2n) is 4.59. The Bertz CT molecular complexity index is 787. The van der Waals surface area contributed by atoms with Gasteiger partial charge in [0.25, 0.3) is 5.91 Å². The first kappa shape index (κ1) is 14.2. The Morgan fingerprint density at radius 1 is 1.23 bits per heavy atom. The van der Waals surface area contributed by atoms with Crippen molar-refractivity contribution in [1.82, 2.24) is 19.7 Å². The summed E-state index contributed by atoms with van der Waals surface area (Å²) in [6.45, 7) is 0.526. The van der Waals surface area contributed by atoms with Gasteiger partial charge in [-0.25, -0.2) is 9.67 Å². The molecule has 3 rings (SSSR count). The maximum absolute atomic E-state index is 12.0. The number of carbonyl (C=O) groups excluding carboxylic acids is 1. The number of carbonyl (C=O) groups is 1. The fourth-order valence-electron chi connectivity index (χ4n) is 1.93. The molecule has 0 atom stereocenters. The first-order chi connectivity index (χ1) is 10.7. The lowest BCUT2D eigenvalue weighted by molar-refractivity contribution is 0.102. The van der Waals surface area contributed by atoms with E-state index in [0.29, 0.717) is 17.1 Å². The molecule has 7 heteroatoms. The lowest BCUT2D eigenvalue weighted by Gasteiger charge is -2.02. The number of amides is 1. The van der Waals surface area contributed by atoms with Crippen LogP contribution in [0.4, 0.5) is 5.95 Å². The fraction of sp³-hybridized carbons (Fsp3) is 0.0667. The third-order valence-electron chi connectivity index (χ3n) is 2.94. The molecule has 0 radical (unpaired) electrons. The van der Waals surface area contributed by atoms with Crippen molar-refractivity contribution in [2.45, 2.75) is 6.54 Å². The van der Waals surface area contributed by atoms with Crippen LogP contribution in [0, 0.1) is 0 Å². The third-order valence-corrected chi connectivity index (χ3v) is 3.17. The van der Waals surface area contributed by atoms with Gasteiger partial charge in [-0.15, -0.1) is 5.10 Å². The topological polar surface area (TPSA) is 72.7 Å². The van der Waals surface area contributed by atoms with Crippen LogP contribution in [-0.2, 0) is 6.54 Å². The summed E-state index contributed by atoms with van der Waals surface area (Å²) >= 11 is 5.95. The Kier molecular flexibility index (Phi) is 4.11. The van der Waals surface area contributed by atoms with Crippen LogP contribution in [0.5, 0.6) is 0 Å². The van der Waals surface area contributed by atoms with Crippen LogP contribution in [0.2, 0.25) is 5.02 Å². The van der Waals surface area contributed by atoms with Crippen molar-refractivity contribution in [3.05, 3.63) is 71.3 Å². The van der Waals surface area contributed by atoms with Crippen molar-refractivity contribution in [1.29, 1.82) is 0 Å². The SMILES string of the molecule is O=C(Nc1ncn(Cc2cccc(Cl)c2)n1)c1ccncc1. The van der Waals surface area contributed by atoms with Crippen molar-refractivity contribution in [2.24, 2.45) is 0 Å². The van der Waals surface area contributed by atoms with Crippen LogP contribution >= 0.6 is 11.6 Å². The van der Waals surface area contributed by atoms with Gasteiger partial charge in [-0.3, -0.25) is 15.1 Å². The number of hydrogen-bond acceptors (Lipinski definition) is 4. The largest absolute Gasteiger partial charge is 0.289 e. The number of aromatic nitrogens is 4. The van der Waals surface area contributed by atoms with Gasteiger partial charge in [-0.05, 0) is 29.8 Å². The number of benzene rings is 1.